The number of carbonyl (C=O) groups is 1. The summed E-state index contributed by atoms with van der Waals surface area (Å²) >= 11 is 6.57. The SMILES string of the molecule is CCCC1=Nc2[nH]ncc2C(c2cc(Cl)cc3c2OC(C)(C)CN3C)C1C(=O)OCC. The number of nitrogens with zero attached hydrogens (tertiary/aromatic N) is 3. The Morgan fingerprint density at radius 3 is 2.84 bits per heavy atom. The minimum Gasteiger partial charge on any atom is -0.484 e. The Bertz CT molecular complexity index is 1030. The van der Waals surface area contributed by atoms with Gasteiger partial charge in [-0.1, -0.05) is 24.9 Å². The quantitative estimate of drug-likeness (QED) is 0.665. The number of nitrogens with one attached hydrogen (secondary N) is 1. The summed E-state index contributed by atoms with van der Waals surface area (Å²) in [5, 5.41) is 7.80. The number of benzene rings is 1. The van der Waals surface area contributed by atoms with Crippen molar-refractivity contribution in [3.8, 4) is 5.75 Å². The van der Waals surface area contributed by atoms with E-state index in [0.29, 0.717) is 23.9 Å². The molecule has 8 heteroatoms. The fourth-order valence-corrected chi connectivity index (χ4v) is 4.92. The lowest BCUT2D eigenvalue weighted by molar-refractivity contribution is -0.146. The molecule has 0 aliphatic carbocycles. The van der Waals surface area contributed by atoms with Gasteiger partial charge in [0.15, 0.2) is 5.82 Å². The molecule has 2 aromatic rings. The molecule has 7 nitrogen and oxygen atoms in total. The lowest BCUT2D eigenvalue weighted by Gasteiger charge is -2.41. The van der Waals surface area contributed by atoms with E-state index in [0.717, 1.165) is 41.2 Å². The third-order valence-electron chi connectivity index (χ3n) is 5.78. The second-order valence-corrected chi connectivity index (χ2v) is 9.23. The molecule has 2 unspecified atom stereocenters. The Morgan fingerprint density at radius 2 is 2.13 bits per heavy atom. The van der Waals surface area contributed by atoms with Crippen LogP contribution in [0.5, 0.6) is 5.75 Å². The molecule has 2 atom stereocenters. The Morgan fingerprint density at radius 1 is 1.35 bits per heavy atom. The van der Waals surface area contributed by atoms with Gasteiger partial charge in [-0.15, -0.1) is 0 Å². The molecule has 0 saturated heterocycles. The number of fused-ring (bicyclic) bond motifs is 2. The van der Waals surface area contributed by atoms with Crippen LogP contribution in [-0.2, 0) is 9.53 Å². The molecule has 166 valence electrons. The molecule has 2 aliphatic heterocycles. The van der Waals surface area contributed by atoms with E-state index in [9.17, 15) is 4.79 Å². The van der Waals surface area contributed by atoms with Gasteiger partial charge in [-0.25, -0.2) is 4.99 Å². The highest BCUT2D eigenvalue weighted by Gasteiger charge is 2.44. The summed E-state index contributed by atoms with van der Waals surface area (Å²) in [7, 11) is 2.03. The van der Waals surface area contributed by atoms with Gasteiger partial charge in [0.1, 0.15) is 17.3 Å². The normalized spacial score (nSPS) is 21.6. The number of ether oxygens (including phenoxy) is 2. The number of likely N-dealkylation sites (N-methyl/N-ethyl adjacent to an activating group) is 1. The van der Waals surface area contributed by atoms with Crippen LogP contribution in [0.4, 0.5) is 11.5 Å². The average Bonchev–Trinajstić information content (AvgIpc) is 3.15. The zero-order valence-electron chi connectivity index (χ0n) is 18.7. The number of aromatic nitrogens is 2. The second kappa shape index (κ2) is 8.19. The topological polar surface area (TPSA) is 79.8 Å². The number of aliphatic imine (C=N–C) groups is 1. The van der Waals surface area contributed by atoms with Crippen LogP contribution in [0.2, 0.25) is 5.02 Å². The van der Waals surface area contributed by atoms with E-state index in [1.54, 1.807) is 6.20 Å². The summed E-state index contributed by atoms with van der Waals surface area (Å²) in [6, 6.07) is 3.81. The Hall–Kier alpha value is -2.54. The van der Waals surface area contributed by atoms with Gasteiger partial charge in [0.05, 0.1) is 25.0 Å². The smallest absolute Gasteiger partial charge is 0.315 e. The van der Waals surface area contributed by atoms with Crippen molar-refractivity contribution >= 4 is 34.8 Å². The van der Waals surface area contributed by atoms with Crippen molar-refractivity contribution in [2.24, 2.45) is 10.9 Å². The van der Waals surface area contributed by atoms with Crippen LogP contribution in [0.25, 0.3) is 0 Å². The molecule has 4 rings (SSSR count). The fraction of sp³-hybridized carbons (Fsp3) is 0.522. The van der Waals surface area contributed by atoms with Crippen molar-refractivity contribution in [2.45, 2.75) is 52.1 Å². The van der Waals surface area contributed by atoms with Gasteiger partial charge in [0, 0.05) is 34.8 Å². The van der Waals surface area contributed by atoms with Crippen LogP contribution < -0.4 is 9.64 Å². The number of rotatable bonds is 5. The molecule has 1 aromatic carbocycles. The first-order chi connectivity index (χ1) is 14.8. The largest absolute Gasteiger partial charge is 0.484 e. The lowest BCUT2D eigenvalue weighted by Crippen LogP contribution is -2.46. The van der Waals surface area contributed by atoms with Crippen molar-refractivity contribution in [3.63, 3.8) is 0 Å². The van der Waals surface area contributed by atoms with Crippen molar-refractivity contribution < 1.29 is 14.3 Å². The number of anilines is 1. The van der Waals surface area contributed by atoms with Crippen LogP contribution in [0, 0.1) is 5.92 Å². The summed E-state index contributed by atoms with van der Waals surface area (Å²) in [4.78, 5) is 20.1. The number of carbonyl (C=O) groups excluding carboxylic acids is 1. The van der Waals surface area contributed by atoms with E-state index in [-0.39, 0.29) is 11.9 Å². The molecule has 31 heavy (non-hydrogen) atoms. The third-order valence-corrected chi connectivity index (χ3v) is 6.00. The van der Waals surface area contributed by atoms with Crippen molar-refractivity contribution in [1.82, 2.24) is 10.2 Å². The van der Waals surface area contributed by atoms with Crippen molar-refractivity contribution in [2.75, 3.05) is 25.1 Å². The second-order valence-electron chi connectivity index (χ2n) is 8.80. The number of hydrogen-bond donors (Lipinski definition) is 1. The highest BCUT2D eigenvalue weighted by molar-refractivity contribution is 6.31. The predicted octanol–water partition coefficient (Wildman–Crippen LogP) is 4.87. The summed E-state index contributed by atoms with van der Waals surface area (Å²) in [5.41, 5.74) is 3.01. The molecule has 0 bridgehead atoms. The molecule has 1 aromatic heterocycles. The van der Waals surface area contributed by atoms with Gasteiger partial charge in [0.2, 0.25) is 0 Å². The molecule has 0 fully saturated rings. The molecule has 0 amide bonds. The van der Waals surface area contributed by atoms with Gasteiger partial charge in [0.25, 0.3) is 0 Å². The number of halogens is 1. The molecule has 2 aliphatic rings. The van der Waals surface area contributed by atoms with Crippen LogP contribution in [0.3, 0.4) is 0 Å². The van der Waals surface area contributed by atoms with Crippen LogP contribution in [-0.4, -0.2) is 47.7 Å². The summed E-state index contributed by atoms with van der Waals surface area (Å²) < 4.78 is 12.0. The summed E-state index contributed by atoms with van der Waals surface area (Å²) in [6.07, 6.45) is 3.29. The van der Waals surface area contributed by atoms with Gasteiger partial charge in [-0.3, -0.25) is 9.89 Å². The number of H-pyrrole nitrogens is 1. The molecular weight excluding hydrogens is 416 g/mol. The van der Waals surface area contributed by atoms with Crippen LogP contribution in [0.15, 0.2) is 23.3 Å². The van der Waals surface area contributed by atoms with Gasteiger partial charge in [-0.05, 0) is 39.3 Å². The van der Waals surface area contributed by atoms with E-state index >= 15 is 0 Å². The zero-order chi connectivity index (χ0) is 22.3. The van der Waals surface area contributed by atoms with Crippen molar-refractivity contribution in [3.05, 3.63) is 34.5 Å². The zero-order valence-corrected chi connectivity index (χ0v) is 19.4. The number of esters is 1. The average molecular weight is 445 g/mol. The first-order valence-corrected chi connectivity index (χ1v) is 11.1. The van der Waals surface area contributed by atoms with Gasteiger partial charge >= 0.3 is 5.97 Å². The Balaban J connectivity index is 1.95. The van der Waals surface area contributed by atoms with E-state index in [1.165, 1.54) is 0 Å². The molecule has 1 N–H and O–H groups in total. The van der Waals surface area contributed by atoms with E-state index < -0.39 is 11.5 Å². The molecule has 0 spiro atoms. The maximum atomic E-state index is 13.2. The first-order valence-electron chi connectivity index (χ1n) is 10.8. The minimum atomic E-state index is -0.563. The molecular formula is C23H29ClN4O3. The van der Waals surface area contributed by atoms with Gasteiger partial charge < -0.3 is 14.4 Å². The van der Waals surface area contributed by atoms with Crippen LogP contribution >= 0.6 is 11.6 Å². The number of hydrogen-bond acceptors (Lipinski definition) is 6. The summed E-state index contributed by atoms with van der Waals surface area (Å²) in [6.45, 7) is 9.04. The summed E-state index contributed by atoms with van der Waals surface area (Å²) in [5.74, 6) is 0.204. The lowest BCUT2D eigenvalue weighted by atomic mass is 9.75. The van der Waals surface area contributed by atoms with E-state index in [1.807, 2.05) is 26.1 Å². The minimum absolute atomic E-state index is 0.288. The predicted molar refractivity (Wildman–Crippen MR) is 122 cm³/mol. The fourth-order valence-electron chi connectivity index (χ4n) is 4.70. The number of aromatic amines is 1. The van der Waals surface area contributed by atoms with Crippen LogP contribution in [0.1, 0.15) is 57.6 Å². The molecule has 0 saturated carbocycles. The van der Waals surface area contributed by atoms with Crippen molar-refractivity contribution in [1.29, 1.82) is 0 Å². The molecule has 0 radical (unpaired) electrons. The van der Waals surface area contributed by atoms with Gasteiger partial charge in [-0.2, -0.15) is 5.10 Å². The first kappa shape index (κ1) is 21.7. The van der Waals surface area contributed by atoms with E-state index in [4.69, 9.17) is 26.1 Å². The maximum absolute atomic E-state index is 13.2. The Kier molecular flexibility index (Phi) is 5.73. The highest BCUT2D eigenvalue weighted by Crippen LogP contribution is 2.50. The molecule has 3 heterocycles. The van der Waals surface area contributed by atoms with E-state index in [2.05, 4.69) is 35.9 Å². The monoisotopic (exact) mass is 444 g/mol. The standard InChI is InChI=1S/C23H29ClN4O3/c1-6-8-16-19(22(29)30-7-2)18(15-11-25-27-21(15)26-16)14-9-13(24)10-17-20(14)31-23(3,4)12-28(17)5/h9-11,18-19H,6-8,12H2,1-5H3,(H,25,27). The Labute approximate surface area is 187 Å². The highest BCUT2D eigenvalue weighted by atomic mass is 35.5. The third kappa shape index (κ3) is 3.91. The maximum Gasteiger partial charge on any atom is 0.315 e.